The monoisotopic (exact) mass is 160 g/mol. The lowest BCUT2D eigenvalue weighted by Gasteiger charge is -1.96. The first-order valence-electron chi connectivity index (χ1n) is 2.99. The lowest BCUT2D eigenvalue weighted by Crippen LogP contribution is -2.09. The molecule has 0 aliphatic heterocycles. The molecule has 0 saturated carbocycles. The third-order valence-electron chi connectivity index (χ3n) is 1.22. The minimum atomic E-state index is 0. The van der Waals surface area contributed by atoms with Gasteiger partial charge in [0.2, 0.25) is 0 Å². The highest BCUT2D eigenvalue weighted by molar-refractivity contribution is 7.96. The zero-order valence-electron chi connectivity index (χ0n) is 6.68. The second-order valence-corrected chi connectivity index (χ2v) is 4.44. The van der Waals surface area contributed by atoms with Gasteiger partial charge >= 0.3 is 0 Å². The highest BCUT2D eigenvalue weighted by atomic mass is 32.2. The van der Waals surface area contributed by atoms with Crippen molar-refractivity contribution >= 4 is 33.9 Å². The fourth-order valence-corrected chi connectivity index (χ4v) is 1.84. The fraction of sp³-hybridized carbons (Fsp3) is 1.00. The van der Waals surface area contributed by atoms with E-state index in [1.165, 1.54) is 17.3 Å². The summed E-state index contributed by atoms with van der Waals surface area (Å²) < 4.78 is 0. The summed E-state index contributed by atoms with van der Waals surface area (Å²) in [6.07, 6.45) is 0. The van der Waals surface area contributed by atoms with Crippen LogP contribution in [0.15, 0.2) is 0 Å². The Hall–Kier alpha value is 1.08. The van der Waals surface area contributed by atoms with Crippen molar-refractivity contribution in [3.8, 4) is 0 Å². The van der Waals surface area contributed by atoms with Crippen molar-refractivity contribution in [2.24, 2.45) is 0 Å². The highest BCUT2D eigenvalue weighted by Gasteiger charge is 2.05. The zero-order chi connectivity index (χ0) is 5.70. The molecular formula is C6H16MgOS. The predicted molar refractivity (Wildman–Crippen MR) is 46.7 cm³/mol. The Balaban J connectivity index is -0.000000180. The van der Waals surface area contributed by atoms with E-state index in [0.717, 1.165) is 10.9 Å². The van der Waals surface area contributed by atoms with Gasteiger partial charge < -0.3 is 5.48 Å². The predicted octanol–water partition coefficient (Wildman–Crippen LogP) is 1.11. The molecule has 54 valence electrons. The van der Waals surface area contributed by atoms with Gasteiger partial charge in [0.1, 0.15) is 17.3 Å². The summed E-state index contributed by atoms with van der Waals surface area (Å²) in [4.78, 5) is 0. The molecule has 0 atom stereocenters. The summed E-state index contributed by atoms with van der Waals surface area (Å²) in [7, 11) is 0.755. The molecule has 3 heteroatoms. The van der Waals surface area contributed by atoms with Crippen LogP contribution in [0.1, 0.15) is 20.8 Å². The van der Waals surface area contributed by atoms with Crippen LogP contribution in [0.3, 0.4) is 0 Å². The van der Waals surface area contributed by atoms with Gasteiger partial charge in [0.05, 0.1) is 0 Å². The molecule has 0 saturated heterocycles. The van der Waals surface area contributed by atoms with Crippen LogP contribution in [0.2, 0.25) is 0 Å². The largest absolute Gasteiger partial charge is 0.870 e. The van der Waals surface area contributed by atoms with Crippen molar-refractivity contribution in [3.63, 3.8) is 0 Å². The standard InChI is InChI=1S/C6H15S.Mg.H2O/c1-4-7(5-2)6-3;;/h4-6H2,1-3H3;;1H2/q+1;;/p-1. The average molecular weight is 161 g/mol. The van der Waals surface area contributed by atoms with Crippen molar-refractivity contribution in [1.29, 1.82) is 0 Å². The molecule has 0 aliphatic carbocycles. The Morgan fingerprint density at radius 3 is 1.11 bits per heavy atom. The molecule has 0 unspecified atom stereocenters. The maximum atomic E-state index is 2.27. The topological polar surface area (TPSA) is 30.0 Å². The Kier molecular flexibility index (Phi) is 21.8. The molecule has 0 rings (SSSR count). The van der Waals surface area contributed by atoms with Crippen LogP contribution in [0.5, 0.6) is 0 Å². The summed E-state index contributed by atoms with van der Waals surface area (Å²) in [5.74, 6) is 4.15. The van der Waals surface area contributed by atoms with Crippen LogP contribution in [-0.4, -0.2) is 45.8 Å². The van der Waals surface area contributed by atoms with E-state index in [-0.39, 0.29) is 28.5 Å². The van der Waals surface area contributed by atoms with Crippen LogP contribution in [-0.2, 0) is 10.9 Å². The van der Waals surface area contributed by atoms with Crippen LogP contribution in [0.25, 0.3) is 0 Å². The summed E-state index contributed by atoms with van der Waals surface area (Å²) in [6, 6.07) is 0. The lowest BCUT2D eigenvalue weighted by atomic mass is 10.9. The SMILES string of the molecule is CC[S+](CC)CC.[Mg].[OH-]. The van der Waals surface area contributed by atoms with Gasteiger partial charge in [-0.2, -0.15) is 0 Å². The first-order chi connectivity index (χ1) is 3.35. The Morgan fingerprint density at radius 2 is 1.11 bits per heavy atom. The van der Waals surface area contributed by atoms with Gasteiger partial charge in [-0.05, 0) is 31.7 Å². The minimum Gasteiger partial charge on any atom is -0.870 e. The molecule has 0 bridgehead atoms. The van der Waals surface area contributed by atoms with E-state index < -0.39 is 0 Å². The maximum Gasteiger partial charge on any atom is 0.105 e. The van der Waals surface area contributed by atoms with E-state index >= 15 is 0 Å². The molecular weight excluding hydrogens is 144 g/mol. The summed E-state index contributed by atoms with van der Waals surface area (Å²) in [6.45, 7) is 6.82. The van der Waals surface area contributed by atoms with E-state index in [0.29, 0.717) is 0 Å². The Bertz CT molecular complexity index is 34.5. The second kappa shape index (κ2) is 11.8. The van der Waals surface area contributed by atoms with Crippen molar-refractivity contribution in [1.82, 2.24) is 0 Å². The van der Waals surface area contributed by atoms with Crippen LogP contribution < -0.4 is 0 Å². The third-order valence-corrected chi connectivity index (χ3v) is 3.67. The highest BCUT2D eigenvalue weighted by Crippen LogP contribution is 1.92. The van der Waals surface area contributed by atoms with E-state index in [1.54, 1.807) is 0 Å². The van der Waals surface area contributed by atoms with Crippen molar-refractivity contribution in [2.75, 3.05) is 17.3 Å². The zero-order valence-corrected chi connectivity index (χ0v) is 8.91. The summed E-state index contributed by atoms with van der Waals surface area (Å²) in [5.41, 5.74) is 0. The molecule has 0 amide bonds. The number of rotatable bonds is 3. The summed E-state index contributed by atoms with van der Waals surface area (Å²) in [5, 5.41) is 0. The lowest BCUT2D eigenvalue weighted by molar-refractivity contribution is 0.824. The van der Waals surface area contributed by atoms with E-state index in [2.05, 4.69) is 20.8 Å². The van der Waals surface area contributed by atoms with Crippen molar-refractivity contribution in [3.05, 3.63) is 0 Å². The van der Waals surface area contributed by atoms with Gasteiger partial charge in [-0.1, -0.05) is 0 Å². The van der Waals surface area contributed by atoms with Gasteiger partial charge in [0, 0.05) is 23.1 Å². The average Bonchev–Trinajstić information content (AvgIpc) is 1.72. The fourth-order valence-electron chi connectivity index (χ4n) is 0.612. The maximum absolute atomic E-state index is 2.27. The molecule has 0 aromatic heterocycles. The molecule has 0 spiro atoms. The minimum absolute atomic E-state index is 0. The van der Waals surface area contributed by atoms with Crippen LogP contribution in [0.4, 0.5) is 0 Å². The van der Waals surface area contributed by atoms with Gasteiger partial charge in [-0.3, -0.25) is 0 Å². The molecule has 0 aromatic carbocycles. The number of hydrogen-bond donors (Lipinski definition) is 0. The molecule has 9 heavy (non-hydrogen) atoms. The smallest absolute Gasteiger partial charge is 0.105 e. The molecule has 0 aromatic rings. The molecule has 0 fully saturated rings. The van der Waals surface area contributed by atoms with Gasteiger partial charge in [0.25, 0.3) is 0 Å². The number of hydrogen-bond acceptors (Lipinski definition) is 1. The second-order valence-electron chi connectivity index (χ2n) is 1.48. The molecule has 0 aliphatic rings. The Morgan fingerprint density at radius 1 is 0.889 bits per heavy atom. The van der Waals surface area contributed by atoms with Gasteiger partial charge in [-0.25, -0.2) is 0 Å². The van der Waals surface area contributed by atoms with Crippen molar-refractivity contribution in [2.45, 2.75) is 20.8 Å². The van der Waals surface area contributed by atoms with Crippen LogP contribution in [0, 0.1) is 0 Å². The van der Waals surface area contributed by atoms with Gasteiger partial charge in [0.15, 0.2) is 0 Å². The molecule has 2 radical (unpaired) electrons. The Labute approximate surface area is 77.4 Å². The van der Waals surface area contributed by atoms with E-state index in [4.69, 9.17) is 0 Å². The quantitative estimate of drug-likeness (QED) is 0.449. The van der Waals surface area contributed by atoms with E-state index in [1.807, 2.05) is 0 Å². The van der Waals surface area contributed by atoms with E-state index in [9.17, 15) is 0 Å². The van der Waals surface area contributed by atoms with Crippen molar-refractivity contribution < 1.29 is 5.48 Å². The third kappa shape index (κ3) is 9.08. The molecule has 1 nitrogen and oxygen atoms in total. The molecule has 1 N–H and O–H groups in total. The normalized spacial score (nSPS) is 8.00. The molecule has 0 heterocycles. The first kappa shape index (κ1) is 16.6. The first-order valence-corrected chi connectivity index (χ1v) is 4.72. The summed E-state index contributed by atoms with van der Waals surface area (Å²) >= 11 is 0. The van der Waals surface area contributed by atoms with Crippen LogP contribution >= 0.6 is 0 Å². The van der Waals surface area contributed by atoms with Gasteiger partial charge in [-0.15, -0.1) is 0 Å².